The number of rotatable bonds is 4. The second-order valence-corrected chi connectivity index (χ2v) is 7.09. The number of esters is 1. The van der Waals surface area contributed by atoms with E-state index in [1.54, 1.807) is 42.6 Å². The van der Waals surface area contributed by atoms with Crippen LogP contribution in [0.25, 0.3) is 5.65 Å². The van der Waals surface area contributed by atoms with E-state index in [0.717, 1.165) is 4.88 Å². The second-order valence-electron chi connectivity index (χ2n) is 5.39. The Morgan fingerprint density at radius 3 is 2.84 bits per heavy atom. The molecule has 3 rings (SSSR count). The first-order valence-electron chi connectivity index (χ1n) is 7.63. The molecule has 0 aromatic carbocycles. The molecule has 25 heavy (non-hydrogen) atoms. The number of hydrogen-bond acceptors (Lipinski definition) is 5. The lowest BCUT2D eigenvalue weighted by Gasteiger charge is -2.07. The smallest absolute Gasteiger partial charge is 0.341 e. The highest BCUT2D eigenvalue weighted by Gasteiger charge is 2.22. The number of thiophene rings is 1. The lowest BCUT2D eigenvalue weighted by molar-refractivity contribution is 0.0528. The van der Waals surface area contributed by atoms with E-state index in [-0.39, 0.29) is 12.5 Å². The van der Waals surface area contributed by atoms with Gasteiger partial charge in [0.25, 0.3) is 5.91 Å². The molecule has 6 nitrogen and oxygen atoms in total. The molecule has 0 aliphatic heterocycles. The molecule has 0 spiro atoms. The van der Waals surface area contributed by atoms with Crippen molar-refractivity contribution >= 4 is 45.5 Å². The van der Waals surface area contributed by atoms with Crippen LogP contribution < -0.4 is 5.32 Å². The Morgan fingerprint density at radius 2 is 2.12 bits per heavy atom. The summed E-state index contributed by atoms with van der Waals surface area (Å²) in [6, 6.07) is 5.08. The molecular weight excluding hydrogens is 362 g/mol. The van der Waals surface area contributed by atoms with E-state index in [4.69, 9.17) is 16.3 Å². The minimum atomic E-state index is -0.455. The van der Waals surface area contributed by atoms with Crippen molar-refractivity contribution in [2.45, 2.75) is 20.8 Å². The van der Waals surface area contributed by atoms with Gasteiger partial charge in [-0.05, 0) is 32.9 Å². The highest BCUT2D eigenvalue weighted by Crippen LogP contribution is 2.29. The molecule has 0 saturated carbocycles. The number of fused-ring (bicyclic) bond motifs is 1. The van der Waals surface area contributed by atoms with Gasteiger partial charge in [0.2, 0.25) is 0 Å². The Balaban J connectivity index is 1.96. The van der Waals surface area contributed by atoms with Gasteiger partial charge in [0.05, 0.1) is 17.9 Å². The Morgan fingerprint density at radius 1 is 1.36 bits per heavy atom. The highest BCUT2D eigenvalue weighted by molar-refractivity contribution is 7.16. The van der Waals surface area contributed by atoms with Crippen molar-refractivity contribution in [2.75, 3.05) is 11.9 Å². The van der Waals surface area contributed by atoms with Crippen molar-refractivity contribution in [3.8, 4) is 0 Å². The quantitative estimate of drug-likeness (QED) is 0.695. The fourth-order valence-electron chi connectivity index (χ4n) is 2.54. The molecule has 0 aliphatic carbocycles. The second kappa shape index (κ2) is 6.85. The van der Waals surface area contributed by atoms with Crippen LogP contribution in [0.15, 0.2) is 24.4 Å². The zero-order valence-electron chi connectivity index (χ0n) is 13.9. The van der Waals surface area contributed by atoms with Crippen LogP contribution in [0.1, 0.15) is 38.3 Å². The monoisotopic (exact) mass is 377 g/mol. The largest absolute Gasteiger partial charge is 0.462 e. The number of ether oxygens (including phenoxy) is 1. The average molecular weight is 378 g/mol. The van der Waals surface area contributed by atoms with E-state index in [1.807, 2.05) is 6.92 Å². The van der Waals surface area contributed by atoms with Crippen LogP contribution in [0.4, 0.5) is 5.00 Å². The normalized spacial score (nSPS) is 10.9. The summed E-state index contributed by atoms with van der Waals surface area (Å²) in [6.07, 6.45) is 1.69. The number of carbonyl (C=O) groups is 2. The predicted octanol–water partition coefficient (Wildman–Crippen LogP) is 4.10. The fourth-order valence-corrected chi connectivity index (χ4v) is 3.59. The summed E-state index contributed by atoms with van der Waals surface area (Å²) in [7, 11) is 0. The summed E-state index contributed by atoms with van der Waals surface area (Å²) < 4.78 is 6.71. The van der Waals surface area contributed by atoms with E-state index in [9.17, 15) is 9.59 Å². The van der Waals surface area contributed by atoms with Crippen molar-refractivity contribution in [1.29, 1.82) is 0 Å². The molecule has 0 aliphatic rings. The third-order valence-corrected chi connectivity index (χ3v) is 4.76. The molecule has 0 bridgehead atoms. The van der Waals surface area contributed by atoms with Crippen LogP contribution in [0.5, 0.6) is 0 Å². The van der Waals surface area contributed by atoms with E-state index in [0.29, 0.717) is 32.6 Å². The standard InChI is InChI=1S/C17H16ClN3O3S/c1-4-24-17(23)12-7-9(2)25-16(12)20-15(22)14-10(3)19-13-8-11(18)5-6-21(13)14/h5-8H,4H2,1-3H3,(H,20,22). The predicted molar refractivity (Wildman–Crippen MR) is 97.9 cm³/mol. The maximum absolute atomic E-state index is 12.8. The molecular formula is C17H16ClN3O3S. The van der Waals surface area contributed by atoms with Crippen molar-refractivity contribution in [3.05, 3.63) is 51.2 Å². The number of halogens is 1. The SMILES string of the molecule is CCOC(=O)c1cc(C)sc1NC(=O)c1c(C)nc2cc(Cl)ccn12. The minimum absolute atomic E-state index is 0.272. The molecule has 130 valence electrons. The number of pyridine rings is 1. The topological polar surface area (TPSA) is 72.7 Å². The van der Waals surface area contributed by atoms with Crippen LogP contribution in [0, 0.1) is 13.8 Å². The zero-order valence-corrected chi connectivity index (χ0v) is 15.5. The number of aryl methyl sites for hydroxylation is 2. The summed E-state index contributed by atoms with van der Waals surface area (Å²) >= 11 is 7.30. The van der Waals surface area contributed by atoms with Crippen molar-refractivity contribution < 1.29 is 14.3 Å². The zero-order chi connectivity index (χ0) is 18.1. The van der Waals surface area contributed by atoms with Gasteiger partial charge in [0.15, 0.2) is 0 Å². The van der Waals surface area contributed by atoms with Crippen LogP contribution in [0.2, 0.25) is 5.02 Å². The summed E-state index contributed by atoms with van der Waals surface area (Å²) in [5.74, 6) is -0.802. The number of carbonyl (C=O) groups excluding carboxylic acids is 2. The number of hydrogen-bond donors (Lipinski definition) is 1. The molecule has 0 fully saturated rings. The van der Waals surface area contributed by atoms with E-state index < -0.39 is 5.97 Å². The van der Waals surface area contributed by atoms with Crippen LogP contribution >= 0.6 is 22.9 Å². The van der Waals surface area contributed by atoms with Gasteiger partial charge in [0.1, 0.15) is 16.3 Å². The van der Waals surface area contributed by atoms with Gasteiger partial charge < -0.3 is 10.1 Å². The summed E-state index contributed by atoms with van der Waals surface area (Å²) in [5.41, 5.74) is 1.91. The first-order chi connectivity index (χ1) is 11.9. The van der Waals surface area contributed by atoms with Crippen molar-refractivity contribution in [3.63, 3.8) is 0 Å². The molecule has 3 heterocycles. The van der Waals surface area contributed by atoms with Crippen LogP contribution in [-0.2, 0) is 4.74 Å². The molecule has 0 unspecified atom stereocenters. The van der Waals surface area contributed by atoms with E-state index >= 15 is 0 Å². The Labute approximate surface area is 153 Å². The lowest BCUT2D eigenvalue weighted by atomic mass is 10.2. The van der Waals surface area contributed by atoms with E-state index in [1.165, 1.54) is 11.3 Å². The van der Waals surface area contributed by atoms with Gasteiger partial charge in [-0.3, -0.25) is 9.20 Å². The number of aromatic nitrogens is 2. The number of amides is 1. The first-order valence-corrected chi connectivity index (χ1v) is 8.83. The molecule has 0 radical (unpaired) electrons. The number of anilines is 1. The third-order valence-electron chi connectivity index (χ3n) is 3.56. The molecule has 8 heteroatoms. The molecule has 1 amide bonds. The van der Waals surface area contributed by atoms with Gasteiger partial charge in [-0.25, -0.2) is 9.78 Å². The number of nitrogens with one attached hydrogen (secondary N) is 1. The molecule has 0 atom stereocenters. The molecule has 3 aromatic rings. The maximum atomic E-state index is 12.8. The van der Waals surface area contributed by atoms with Gasteiger partial charge >= 0.3 is 5.97 Å². The lowest BCUT2D eigenvalue weighted by Crippen LogP contribution is -2.17. The van der Waals surface area contributed by atoms with Gasteiger partial charge in [-0.2, -0.15) is 0 Å². The molecule has 3 aromatic heterocycles. The Kier molecular flexibility index (Phi) is 4.78. The van der Waals surface area contributed by atoms with Crippen LogP contribution in [0.3, 0.4) is 0 Å². The summed E-state index contributed by atoms with van der Waals surface area (Å²) in [6.45, 7) is 5.63. The average Bonchev–Trinajstić information content (AvgIpc) is 3.06. The number of nitrogens with zero attached hydrogens (tertiary/aromatic N) is 2. The van der Waals surface area contributed by atoms with Gasteiger partial charge in [0, 0.05) is 22.2 Å². The third kappa shape index (κ3) is 3.38. The summed E-state index contributed by atoms with van der Waals surface area (Å²) in [5, 5.41) is 3.81. The molecule has 0 saturated heterocycles. The summed E-state index contributed by atoms with van der Waals surface area (Å²) in [4.78, 5) is 30.1. The van der Waals surface area contributed by atoms with E-state index in [2.05, 4.69) is 10.3 Å². The first kappa shape index (κ1) is 17.4. The Bertz CT molecular complexity index is 977. The van der Waals surface area contributed by atoms with Crippen molar-refractivity contribution in [2.24, 2.45) is 0 Å². The minimum Gasteiger partial charge on any atom is -0.462 e. The van der Waals surface area contributed by atoms with Crippen molar-refractivity contribution in [1.82, 2.24) is 9.38 Å². The molecule has 1 N–H and O–H groups in total. The maximum Gasteiger partial charge on any atom is 0.341 e. The number of imidazole rings is 1. The van der Waals surface area contributed by atoms with Crippen LogP contribution in [-0.4, -0.2) is 27.9 Å². The highest BCUT2D eigenvalue weighted by atomic mass is 35.5. The van der Waals surface area contributed by atoms with Gasteiger partial charge in [-0.15, -0.1) is 11.3 Å². The Hall–Kier alpha value is -2.38. The van der Waals surface area contributed by atoms with Gasteiger partial charge in [-0.1, -0.05) is 11.6 Å². The fraction of sp³-hybridized carbons (Fsp3) is 0.235.